The summed E-state index contributed by atoms with van der Waals surface area (Å²) >= 11 is 3.29. The van der Waals surface area contributed by atoms with E-state index >= 15 is 0 Å². The average Bonchev–Trinajstić information content (AvgIpc) is 2.56. The van der Waals surface area contributed by atoms with Crippen molar-refractivity contribution >= 4 is 15.9 Å². The van der Waals surface area contributed by atoms with Crippen molar-refractivity contribution in [2.24, 2.45) is 0 Å². The molecule has 0 aromatic carbocycles. The van der Waals surface area contributed by atoms with Crippen LogP contribution < -0.4 is 0 Å². The largest absolute Gasteiger partial charge is 0.378 e. The number of ether oxygens (including phenoxy) is 6. The molecule has 1 heterocycles. The van der Waals surface area contributed by atoms with Crippen LogP contribution in [-0.4, -0.2) is 77.7 Å². The summed E-state index contributed by atoms with van der Waals surface area (Å²) in [7, 11) is 0. The molecule has 1 saturated heterocycles. The highest BCUT2D eigenvalue weighted by molar-refractivity contribution is 9.09. The van der Waals surface area contributed by atoms with E-state index in [4.69, 9.17) is 28.4 Å². The lowest BCUT2D eigenvalue weighted by Gasteiger charge is -2.22. The maximum atomic E-state index is 5.56. The van der Waals surface area contributed by atoms with Gasteiger partial charge < -0.3 is 28.4 Å². The summed E-state index contributed by atoms with van der Waals surface area (Å²) in [6.07, 6.45) is 3.28. The van der Waals surface area contributed by atoms with Crippen LogP contribution in [0.3, 0.4) is 0 Å². The van der Waals surface area contributed by atoms with Crippen LogP contribution in [0, 0.1) is 0 Å². The van der Waals surface area contributed by atoms with Gasteiger partial charge in [-0.1, -0.05) is 15.9 Å². The van der Waals surface area contributed by atoms with Crippen LogP contribution >= 0.6 is 15.9 Å². The predicted octanol–water partition coefficient (Wildman–Crippen LogP) is 1.99. The van der Waals surface area contributed by atoms with Crippen molar-refractivity contribution in [3.63, 3.8) is 0 Å². The van der Waals surface area contributed by atoms with E-state index in [2.05, 4.69) is 15.9 Å². The van der Waals surface area contributed by atoms with Gasteiger partial charge in [-0.05, 0) is 19.3 Å². The van der Waals surface area contributed by atoms with E-state index in [1.807, 2.05) is 0 Å². The second-order valence-corrected chi connectivity index (χ2v) is 5.60. The van der Waals surface area contributed by atoms with Crippen LogP contribution in [0.15, 0.2) is 0 Å². The molecule has 1 rings (SSSR count). The number of alkyl halides is 1. The molecule has 0 aliphatic carbocycles. The van der Waals surface area contributed by atoms with Crippen LogP contribution in [0.2, 0.25) is 0 Å². The lowest BCUT2D eigenvalue weighted by Crippen LogP contribution is -2.24. The molecule has 1 aliphatic heterocycles. The van der Waals surface area contributed by atoms with Crippen LogP contribution in [0.5, 0.6) is 0 Å². The molecule has 0 aromatic rings. The zero-order valence-corrected chi connectivity index (χ0v) is 14.9. The smallest absolute Gasteiger partial charge is 0.157 e. The zero-order chi connectivity index (χ0) is 15.7. The maximum absolute atomic E-state index is 5.56. The summed E-state index contributed by atoms with van der Waals surface area (Å²) in [5.74, 6) is 0. The van der Waals surface area contributed by atoms with E-state index in [0.717, 1.165) is 24.8 Å². The number of halogens is 1. The highest BCUT2D eigenvalue weighted by atomic mass is 79.9. The van der Waals surface area contributed by atoms with Gasteiger partial charge >= 0.3 is 0 Å². The summed E-state index contributed by atoms with van der Waals surface area (Å²) in [5, 5.41) is 0.856. The summed E-state index contributed by atoms with van der Waals surface area (Å²) in [6, 6.07) is 0. The van der Waals surface area contributed by atoms with Gasteiger partial charge in [0.15, 0.2) is 6.29 Å². The molecule has 1 aliphatic rings. The fraction of sp³-hybridized carbons (Fsp3) is 1.00. The molecular formula is C15H29BrO6. The van der Waals surface area contributed by atoms with Crippen molar-refractivity contribution < 1.29 is 28.4 Å². The Bertz CT molecular complexity index is 226. The standard InChI is InChI=1S/C15H29BrO6/c16-4-6-17-7-8-18-9-10-19-11-12-20-13-14-22-15-3-1-2-5-21-15/h15H,1-14H2. The van der Waals surface area contributed by atoms with Crippen molar-refractivity contribution in [3.8, 4) is 0 Å². The predicted molar refractivity (Wildman–Crippen MR) is 86.6 cm³/mol. The number of rotatable bonds is 15. The molecule has 132 valence electrons. The zero-order valence-electron chi connectivity index (χ0n) is 13.3. The Morgan fingerprint density at radius 2 is 1.27 bits per heavy atom. The molecule has 0 N–H and O–H groups in total. The van der Waals surface area contributed by atoms with E-state index in [-0.39, 0.29) is 6.29 Å². The molecule has 7 heteroatoms. The minimum atomic E-state index is -0.0377. The third-order valence-electron chi connectivity index (χ3n) is 3.01. The summed E-state index contributed by atoms with van der Waals surface area (Å²) in [6.45, 7) is 6.21. The van der Waals surface area contributed by atoms with Crippen LogP contribution in [0.1, 0.15) is 19.3 Å². The van der Waals surface area contributed by atoms with Gasteiger partial charge in [0.05, 0.1) is 59.5 Å². The van der Waals surface area contributed by atoms with E-state index in [1.165, 1.54) is 6.42 Å². The van der Waals surface area contributed by atoms with Crippen molar-refractivity contribution in [1.29, 1.82) is 0 Å². The van der Waals surface area contributed by atoms with Gasteiger partial charge in [0.1, 0.15) is 0 Å². The van der Waals surface area contributed by atoms with Gasteiger partial charge in [0.2, 0.25) is 0 Å². The average molecular weight is 385 g/mol. The normalized spacial score (nSPS) is 18.7. The molecule has 6 nitrogen and oxygen atoms in total. The Morgan fingerprint density at radius 3 is 1.77 bits per heavy atom. The van der Waals surface area contributed by atoms with Crippen LogP contribution in [0.25, 0.3) is 0 Å². The summed E-state index contributed by atoms with van der Waals surface area (Å²) in [4.78, 5) is 0. The lowest BCUT2D eigenvalue weighted by atomic mass is 10.2. The first kappa shape index (κ1) is 20.3. The molecule has 0 amide bonds. The molecule has 1 atom stereocenters. The van der Waals surface area contributed by atoms with E-state index in [1.54, 1.807) is 0 Å². The minimum absolute atomic E-state index is 0.0377. The van der Waals surface area contributed by atoms with Gasteiger partial charge in [-0.2, -0.15) is 0 Å². The molecule has 1 fully saturated rings. The Labute approximate surface area is 141 Å². The van der Waals surface area contributed by atoms with Crippen molar-refractivity contribution in [3.05, 3.63) is 0 Å². The molecule has 0 spiro atoms. The van der Waals surface area contributed by atoms with Crippen LogP contribution in [-0.2, 0) is 28.4 Å². The second kappa shape index (κ2) is 16.1. The molecule has 0 radical (unpaired) electrons. The lowest BCUT2D eigenvalue weighted by molar-refractivity contribution is -0.169. The van der Waals surface area contributed by atoms with E-state index < -0.39 is 0 Å². The van der Waals surface area contributed by atoms with Crippen LogP contribution in [0.4, 0.5) is 0 Å². The van der Waals surface area contributed by atoms with E-state index in [0.29, 0.717) is 59.5 Å². The third kappa shape index (κ3) is 12.8. The van der Waals surface area contributed by atoms with Crippen molar-refractivity contribution in [2.45, 2.75) is 25.6 Å². The van der Waals surface area contributed by atoms with Crippen molar-refractivity contribution in [1.82, 2.24) is 0 Å². The SMILES string of the molecule is BrCCOCCOCCOCCOCCOC1CCCCO1. The van der Waals surface area contributed by atoms with Gasteiger partial charge in [0, 0.05) is 11.9 Å². The number of hydrogen-bond donors (Lipinski definition) is 0. The maximum Gasteiger partial charge on any atom is 0.157 e. The highest BCUT2D eigenvalue weighted by Crippen LogP contribution is 2.13. The first-order valence-corrected chi connectivity index (χ1v) is 9.16. The Morgan fingerprint density at radius 1 is 0.727 bits per heavy atom. The van der Waals surface area contributed by atoms with Crippen molar-refractivity contribution in [2.75, 3.05) is 71.4 Å². The Kier molecular flexibility index (Phi) is 14.9. The highest BCUT2D eigenvalue weighted by Gasteiger charge is 2.13. The molecule has 0 bridgehead atoms. The number of hydrogen-bond acceptors (Lipinski definition) is 6. The molecule has 0 aromatic heterocycles. The first-order chi connectivity index (χ1) is 10.9. The van der Waals surface area contributed by atoms with Gasteiger partial charge in [-0.15, -0.1) is 0 Å². The summed E-state index contributed by atoms with van der Waals surface area (Å²) in [5.41, 5.74) is 0. The van der Waals surface area contributed by atoms with Gasteiger partial charge in [-0.25, -0.2) is 0 Å². The first-order valence-electron chi connectivity index (χ1n) is 8.03. The summed E-state index contributed by atoms with van der Waals surface area (Å²) < 4.78 is 32.5. The molecule has 22 heavy (non-hydrogen) atoms. The molecule has 1 unspecified atom stereocenters. The van der Waals surface area contributed by atoms with E-state index in [9.17, 15) is 0 Å². The Balaban J connectivity index is 1.68. The third-order valence-corrected chi connectivity index (χ3v) is 3.33. The molecule has 0 saturated carbocycles. The fourth-order valence-electron chi connectivity index (χ4n) is 1.90. The van der Waals surface area contributed by atoms with Gasteiger partial charge in [-0.3, -0.25) is 0 Å². The minimum Gasteiger partial charge on any atom is -0.378 e. The quantitative estimate of drug-likeness (QED) is 0.318. The van der Waals surface area contributed by atoms with Gasteiger partial charge in [0.25, 0.3) is 0 Å². The molecular weight excluding hydrogens is 356 g/mol. The Hall–Kier alpha value is 0.240. The topological polar surface area (TPSA) is 55.4 Å². The monoisotopic (exact) mass is 384 g/mol. The fourth-order valence-corrected chi connectivity index (χ4v) is 2.13. The second-order valence-electron chi connectivity index (χ2n) is 4.81.